The number of hydrogen-bond donors (Lipinski definition) is 1. The minimum absolute atomic E-state index is 0.0505. The predicted octanol–water partition coefficient (Wildman–Crippen LogP) is 2.85. The maximum Gasteiger partial charge on any atom is 0.107 e. The van der Waals surface area contributed by atoms with Gasteiger partial charge in [-0.05, 0) is 11.1 Å². The van der Waals surface area contributed by atoms with E-state index in [9.17, 15) is 0 Å². The summed E-state index contributed by atoms with van der Waals surface area (Å²) < 4.78 is 0. The molecule has 0 aliphatic carbocycles. The van der Waals surface area contributed by atoms with E-state index in [1.165, 1.54) is 11.1 Å². The Morgan fingerprint density at radius 1 is 1.00 bits per heavy atom. The van der Waals surface area contributed by atoms with Crippen LogP contribution in [0.1, 0.15) is 23.7 Å². The number of nitrogens with two attached hydrogens (primary N) is 1. The van der Waals surface area contributed by atoms with Crippen LogP contribution in [0.5, 0.6) is 0 Å². The van der Waals surface area contributed by atoms with Crippen molar-refractivity contribution in [2.75, 3.05) is 0 Å². The van der Waals surface area contributed by atoms with Crippen LogP contribution < -0.4 is 5.73 Å². The summed E-state index contributed by atoms with van der Waals surface area (Å²) >= 11 is 0. The van der Waals surface area contributed by atoms with Crippen LogP contribution in [-0.4, -0.2) is 11.2 Å². The smallest absolute Gasteiger partial charge is 0.107 e. The van der Waals surface area contributed by atoms with Crippen molar-refractivity contribution in [1.29, 1.82) is 0 Å². The van der Waals surface area contributed by atoms with Crippen molar-refractivity contribution in [3.63, 3.8) is 0 Å². The molecule has 0 aromatic heterocycles. The maximum atomic E-state index is 6.16. The highest BCUT2D eigenvalue weighted by Gasteiger charge is 2.31. The van der Waals surface area contributed by atoms with Crippen LogP contribution in [0.15, 0.2) is 60.7 Å². The zero-order valence-electron chi connectivity index (χ0n) is 10.8. The third kappa shape index (κ3) is 2.84. The van der Waals surface area contributed by atoms with Crippen molar-refractivity contribution in [2.24, 2.45) is 5.73 Å². The highest BCUT2D eigenvalue weighted by Crippen LogP contribution is 2.31. The Labute approximate surface area is 113 Å². The molecule has 0 saturated carbocycles. The van der Waals surface area contributed by atoms with Gasteiger partial charge in [0, 0.05) is 6.42 Å². The van der Waals surface area contributed by atoms with Gasteiger partial charge in [0.15, 0.2) is 0 Å². The summed E-state index contributed by atoms with van der Waals surface area (Å²) in [5.74, 6) is 0. The normalized spacial score (nSPS) is 23.6. The highest BCUT2D eigenvalue weighted by atomic mass is 16.7. The Morgan fingerprint density at radius 3 is 2.32 bits per heavy atom. The van der Waals surface area contributed by atoms with Gasteiger partial charge in [0.1, 0.15) is 6.10 Å². The number of rotatable bonds is 3. The lowest BCUT2D eigenvalue weighted by Gasteiger charge is -2.19. The van der Waals surface area contributed by atoms with Crippen LogP contribution in [0.2, 0.25) is 0 Å². The van der Waals surface area contributed by atoms with E-state index in [0.29, 0.717) is 0 Å². The molecule has 1 aliphatic rings. The van der Waals surface area contributed by atoms with Crippen LogP contribution in [0.25, 0.3) is 0 Å². The average molecular weight is 254 g/mol. The average Bonchev–Trinajstić information content (AvgIpc) is 2.82. The highest BCUT2D eigenvalue weighted by molar-refractivity contribution is 5.19. The molecule has 1 aliphatic heterocycles. The molecule has 1 heterocycles. The SMILES string of the molecule is N[C@H]1C[C@H](c2ccccc2)ON1Cc1ccccc1. The van der Waals surface area contributed by atoms with E-state index in [-0.39, 0.29) is 12.3 Å². The van der Waals surface area contributed by atoms with E-state index in [2.05, 4.69) is 24.3 Å². The zero-order chi connectivity index (χ0) is 13.1. The number of hydrogen-bond acceptors (Lipinski definition) is 3. The van der Waals surface area contributed by atoms with Gasteiger partial charge >= 0.3 is 0 Å². The molecule has 3 nitrogen and oxygen atoms in total. The molecular weight excluding hydrogens is 236 g/mol. The minimum atomic E-state index is -0.0505. The van der Waals surface area contributed by atoms with Gasteiger partial charge in [0.05, 0.1) is 12.7 Å². The first-order valence-electron chi connectivity index (χ1n) is 6.61. The third-order valence-corrected chi connectivity index (χ3v) is 3.44. The standard InChI is InChI=1S/C16H18N2O/c17-16-11-15(14-9-5-2-6-10-14)19-18(16)12-13-7-3-1-4-8-13/h1-10,15-16H,11-12,17H2/t15-,16-/m1/s1. The van der Waals surface area contributed by atoms with Gasteiger partial charge in [0.25, 0.3) is 0 Å². The second-order valence-corrected chi connectivity index (χ2v) is 4.87. The topological polar surface area (TPSA) is 38.5 Å². The van der Waals surface area contributed by atoms with Crippen molar-refractivity contribution in [2.45, 2.75) is 25.2 Å². The summed E-state index contributed by atoms with van der Waals surface area (Å²) in [4.78, 5) is 5.97. The molecule has 0 bridgehead atoms. The third-order valence-electron chi connectivity index (χ3n) is 3.44. The largest absolute Gasteiger partial charge is 0.314 e. The van der Waals surface area contributed by atoms with Gasteiger partial charge in [-0.2, -0.15) is 5.06 Å². The van der Waals surface area contributed by atoms with Gasteiger partial charge in [-0.1, -0.05) is 60.7 Å². The Morgan fingerprint density at radius 2 is 1.63 bits per heavy atom. The van der Waals surface area contributed by atoms with E-state index in [1.807, 2.05) is 41.5 Å². The second-order valence-electron chi connectivity index (χ2n) is 4.87. The van der Waals surface area contributed by atoms with Crippen molar-refractivity contribution < 1.29 is 4.84 Å². The molecule has 0 amide bonds. The molecule has 0 radical (unpaired) electrons. The maximum absolute atomic E-state index is 6.16. The fourth-order valence-electron chi connectivity index (χ4n) is 2.40. The van der Waals surface area contributed by atoms with Crippen molar-refractivity contribution in [3.8, 4) is 0 Å². The van der Waals surface area contributed by atoms with Gasteiger partial charge in [-0.25, -0.2) is 0 Å². The van der Waals surface area contributed by atoms with Crippen molar-refractivity contribution in [3.05, 3.63) is 71.8 Å². The summed E-state index contributed by atoms with van der Waals surface area (Å²) in [6.45, 7) is 0.728. The van der Waals surface area contributed by atoms with Crippen molar-refractivity contribution in [1.82, 2.24) is 5.06 Å². The molecular formula is C16H18N2O. The van der Waals surface area contributed by atoms with Gasteiger partial charge in [-0.15, -0.1) is 0 Å². The Kier molecular flexibility index (Phi) is 3.60. The second kappa shape index (κ2) is 5.53. The first kappa shape index (κ1) is 12.4. The van der Waals surface area contributed by atoms with Crippen LogP contribution in [0.4, 0.5) is 0 Å². The minimum Gasteiger partial charge on any atom is -0.314 e. The van der Waals surface area contributed by atoms with Gasteiger partial charge in [-0.3, -0.25) is 4.84 Å². The molecule has 1 fully saturated rings. The number of nitrogens with zero attached hydrogens (tertiary/aromatic N) is 1. The lowest BCUT2D eigenvalue weighted by atomic mass is 10.1. The van der Waals surface area contributed by atoms with Crippen LogP contribution in [-0.2, 0) is 11.4 Å². The number of benzene rings is 2. The first-order chi connectivity index (χ1) is 9.33. The molecule has 2 aromatic rings. The van der Waals surface area contributed by atoms with E-state index < -0.39 is 0 Å². The molecule has 0 unspecified atom stereocenters. The van der Waals surface area contributed by atoms with E-state index >= 15 is 0 Å². The molecule has 19 heavy (non-hydrogen) atoms. The summed E-state index contributed by atoms with van der Waals surface area (Å²) in [6, 6.07) is 20.5. The molecule has 98 valence electrons. The molecule has 2 aromatic carbocycles. The zero-order valence-corrected chi connectivity index (χ0v) is 10.8. The van der Waals surface area contributed by atoms with Crippen molar-refractivity contribution >= 4 is 0 Å². The quantitative estimate of drug-likeness (QED) is 0.915. The Bertz CT molecular complexity index is 515. The summed E-state index contributed by atoms with van der Waals surface area (Å²) in [5, 5.41) is 1.88. The molecule has 1 saturated heterocycles. The van der Waals surface area contributed by atoms with E-state index in [1.54, 1.807) is 0 Å². The van der Waals surface area contributed by atoms with Crippen LogP contribution in [0, 0.1) is 0 Å². The van der Waals surface area contributed by atoms with E-state index in [0.717, 1.165) is 13.0 Å². The van der Waals surface area contributed by atoms with E-state index in [4.69, 9.17) is 10.6 Å². The molecule has 3 rings (SSSR count). The Balaban J connectivity index is 1.69. The van der Waals surface area contributed by atoms with Gasteiger partial charge < -0.3 is 5.73 Å². The molecule has 2 atom stereocenters. The monoisotopic (exact) mass is 254 g/mol. The first-order valence-corrected chi connectivity index (χ1v) is 6.61. The number of hydroxylamine groups is 2. The molecule has 2 N–H and O–H groups in total. The predicted molar refractivity (Wildman–Crippen MR) is 74.8 cm³/mol. The lowest BCUT2D eigenvalue weighted by molar-refractivity contribution is -0.170. The summed E-state index contributed by atoms with van der Waals surface area (Å²) in [5.41, 5.74) is 8.56. The van der Waals surface area contributed by atoms with Crippen LogP contribution >= 0.6 is 0 Å². The summed E-state index contributed by atoms with van der Waals surface area (Å²) in [6.07, 6.45) is 0.849. The molecule has 0 spiro atoms. The summed E-state index contributed by atoms with van der Waals surface area (Å²) in [7, 11) is 0. The molecule has 3 heteroatoms. The van der Waals surface area contributed by atoms with Gasteiger partial charge in [0.2, 0.25) is 0 Å². The lowest BCUT2D eigenvalue weighted by Crippen LogP contribution is -2.34. The fourth-order valence-corrected chi connectivity index (χ4v) is 2.40. The van der Waals surface area contributed by atoms with Crippen LogP contribution in [0.3, 0.4) is 0 Å². The fraction of sp³-hybridized carbons (Fsp3) is 0.250. The Hall–Kier alpha value is -1.68.